The van der Waals surface area contributed by atoms with Crippen LogP contribution in [0.15, 0.2) is 29.2 Å². The van der Waals surface area contributed by atoms with Gasteiger partial charge in [-0.1, -0.05) is 0 Å². The molecule has 1 fully saturated rings. The molecule has 0 saturated carbocycles. The van der Waals surface area contributed by atoms with Crippen molar-refractivity contribution in [3.05, 3.63) is 45.8 Å². The summed E-state index contributed by atoms with van der Waals surface area (Å²) in [6.45, 7) is 8.37. The third-order valence-corrected chi connectivity index (χ3v) is 10.5. The van der Waals surface area contributed by atoms with Crippen LogP contribution in [0.25, 0.3) is 0 Å². The Bertz CT molecular complexity index is 1360. The second kappa shape index (κ2) is 12.4. The number of nitrogens with zero attached hydrogens (tertiary/aromatic N) is 3. The molecule has 40 heavy (non-hydrogen) atoms. The maximum atomic E-state index is 13.2. The number of amides is 2. The number of esters is 1. The van der Waals surface area contributed by atoms with E-state index in [-0.39, 0.29) is 35.8 Å². The molecule has 0 aliphatic carbocycles. The maximum Gasteiger partial charge on any atom is 0.309 e. The molecule has 0 atom stereocenters. The Morgan fingerprint density at radius 3 is 2.33 bits per heavy atom. The fourth-order valence-electron chi connectivity index (χ4n) is 5.10. The van der Waals surface area contributed by atoms with Crippen molar-refractivity contribution in [3.63, 3.8) is 0 Å². The predicted octanol–water partition coefficient (Wildman–Crippen LogP) is 3.43. The van der Waals surface area contributed by atoms with E-state index in [0.717, 1.165) is 30.0 Å². The smallest absolute Gasteiger partial charge is 0.309 e. The van der Waals surface area contributed by atoms with Gasteiger partial charge in [-0.05, 0) is 69.9 Å². The topological polar surface area (TPSA) is 116 Å². The third-order valence-electron chi connectivity index (χ3n) is 7.49. The van der Waals surface area contributed by atoms with Gasteiger partial charge in [0.15, 0.2) is 0 Å². The van der Waals surface area contributed by atoms with Gasteiger partial charge in [0.1, 0.15) is 5.00 Å². The average molecular weight is 591 g/mol. The Hall–Kier alpha value is -2.80. The van der Waals surface area contributed by atoms with Crippen LogP contribution in [-0.4, -0.2) is 86.7 Å². The molecule has 2 aromatic rings. The Labute approximate surface area is 240 Å². The monoisotopic (exact) mass is 590 g/mol. The summed E-state index contributed by atoms with van der Waals surface area (Å²) in [4.78, 5) is 43.3. The van der Waals surface area contributed by atoms with Crippen LogP contribution in [0.5, 0.6) is 0 Å². The summed E-state index contributed by atoms with van der Waals surface area (Å²) >= 11 is 1.43. The Morgan fingerprint density at radius 1 is 1.10 bits per heavy atom. The van der Waals surface area contributed by atoms with Crippen LogP contribution in [0.1, 0.15) is 64.8 Å². The summed E-state index contributed by atoms with van der Waals surface area (Å²) in [5.74, 6) is -1.14. The number of fused-ring (bicyclic) bond motifs is 1. The van der Waals surface area contributed by atoms with Crippen molar-refractivity contribution < 1.29 is 27.5 Å². The molecule has 1 aromatic carbocycles. The van der Waals surface area contributed by atoms with Crippen molar-refractivity contribution in [1.29, 1.82) is 0 Å². The molecule has 12 heteroatoms. The Morgan fingerprint density at radius 2 is 1.75 bits per heavy atom. The number of carbonyl (C=O) groups is 3. The normalized spacial score (nSPS) is 16.9. The number of sulfonamides is 1. The van der Waals surface area contributed by atoms with E-state index < -0.39 is 15.9 Å². The lowest BCUT2D eigenvalue weighted by Crippen LogP contribution is -2.40. The first-order chi connectivity index (χ1) is 18.9. The van der Waals surface area contributed by atoms with Gasteiger partial charge in [0.05, 0.1) is 23.0 Å². The first kappa shape index (κ1) is 30.2. The molecule has 1 saturated heterocycles. The van der Waals surface area contributed by atoms with Crippen LogP contribution in [-0.2, 0) is 32.5 Å². The van der Waals surface area contributed by atoms with Crippen LogP contribution in [0.4, 0.5) is 5.00 Å². The quantitative estimate of drug-likeness (QED) is 0.469. The molecule has 4 rings (SSSR count). The number of thiophene rings is 1. The van der Waals surface area contributed by atoms with Crippen molar-refractivity contribution >= 4 is 44.1 Å². The number of piperidine rings is 1. The number of hydrogen-bond acceptors (Lipinski definition) is 8. The number of ether oxygens (including phenoxy) is 1. The lowest BCUT2D eigenvalue weighted by Gasteiger charge is -2.30. The second-order valence-electron chi connectivity index (χ2n) is 10.6. The number of carbonyl (C=O) groups excluding carboxylic acids is 3. The molecule has 0 bridgehead atoms. The Balaban J connectivity index is 1.49. The van der Waals surface area contributed by atoms with E-state index in [0.29, 0.717) is 41.6 Å². The lowest BCUT2D eigenvalue weighted by molar-refractivity contribution is -0.149. The summed E-state index contributed by atoms with van der Waals surface area (Å²) in [6, 6.07) is 6.19. The van der Waals surface area contributed by atoms with Gasteiger partial charge in [-0.2, -0.15) is 4.31 Å². The van der Waals surface area contributed by atoms with Gasteiger partial charge in [-0.3, -0.25) is 19.3 Å². The highest BCUT2D eigenvalue weighted by molar-refractivity contribution is 7.89. The van der Waals surface area contributed by atoms with Gasteiger partial charge >= 0.3 is 5.97 Å². The average Bonchev–Trinajstić information content (AvgIpc) is 3.29. The van der Waals surface area contributed by atoms with Crippen LogP contribution < -0.4 is 5.32 Å². The molecule has 218 valence electrons. The fourth-order valence-corrected chi connectivity index (χ4v) is 7.83. The van der Waals surface area contributed by atoms with Gasteiger partial charge in [0, 0.05) is 56.8 Å². The number of benzene rings is 1. The van der Waals surface area contributed by atoms with E-state index in [2.05, 4.69) is 24.1 Å². The van der Waals surface area contributed by atoms with Crippen molar-refractivity contribution in [2.45, 2.75) is 57.5 Å². The minimum Gasteiger partial charge on any atom is -0.466 e. The molecule has 2 aliphatic rings. The molecule has 1 N–H and O–H groups in total. The van der Waals surface area contributed by atoms with Gasteiger partial charge < -0.3 is 15.0 Å². The number of anilines is 1. The summed E-state index contributed by atoms with van der Waals surface area (Å²) < 4.78 is 32.8. The summed E-state index contributed by atoms with van der Waals surface area (Å²) in [5.41, 5.74) is 1.81. The Kier molecular flexibility index (Phi) is 9.33. The minimum atomic E-state index is -3.77. The van der Waals surface area contributed by atoms with E-state index in [1.54, 1.807) is 21.0 Å². The van der Waals surface area contributed by atoms with Gasteiger partial charge in [-0.15, -0.1) is 11.3 Å². The van der Waals surface area contributed by atoms with Gasteiger partial charge in [0.25, 0.3) is 11.8 Å². The van der Waals surface area contributed by atoms with Crippen LogP contribution in [0, 0.1) is 5.92 Å². The van der Waals surface area contributed by atoms with E-state index in [1.807, 2.05) is 0 Å². The third kappa shape index (κ3) is 6.24. The highest BCUT2D eigenvalue weighted by Gasteiger charge is 2.33. The first-order valence-corrected chi connectivity index (χ1v) is 15.9. The molecule has 10 nitrogen and oxygen atoms in total. The largest absolute Gasteiger partial charge is 0.466 e. The summed E-state index contributed by atoms with van der Waals surface area (Å²) in [6.07, 6.45) is 1.55. The molecular weight excluding hydrogens is 552 g/mol. The minimum absolute atomic E-state index is 0.0856. The van der Waals surface area contributed by atoms with Crippen molar-refractivity contribution in [3.8, 4) is 0 Å². The zero-order valence-electron chi connectivity index (χ0n) is 23.7. The molecule has 2 aliphatic heterocycles. The van der Waals surface area contributed by atoms with Crippen LogP contribution in [0.3, 0.4) is 0 Å². The van der Waals surface area contributed by atoms with Crippen LogP contribution >= 0.6 is 11.3 Å². The zero-order chi connectivity index (χ0) is 29.2. The second-order valence-corrected chi connectivity index (χ2v) is 13.7. The van der Waals surface area contributed by atoms with Crippen LogP contribution in [0.2, 0.25) is 0 Å². The van der Waals surface area contributed by atoms with E-state index in [9.17, 15) is 22.8 Å². The van der Waals surface area contributed by atoms with E-state index in [1.165, 1.54) is 44.8 Å². The highest BCUT2D eigenvalue weighted by atomic mass is 32.2. The number of nitrogens with one attached hydrogen (secondary N) is 1. The summed E-state index contributed by atoms with van der Waals surface area (Å²) in [5, 5.41) is 3.44. The number of hydrogen-bond donors (Lipinski definition) is 1. The molecule has 1 aromatic heterocycles. The predicted molar refractivity (Wildman–Crippen MR) is 154 cm³/mol. The SMILES string of the molecule is CCOC(=O)C1CCN(S(=O)(=O)c2ccc(C(=O)Nc3sc4c(c3C(=O)N(C)C)CCN(C(C)C)C4)cc2)CC1. The molecular formula is C28H38N4O6S2. The van der Waals surface area contributed by atoms with Gasteiger partial charge in [0.2, 0.25) is 10.0 Å². The number of rotatable bonds is 8. The molecule has 3 heterocycles. The summed E-state index contributed by atoms with van der Waals surface area (Å²) in [7, 11) is -0.382. The maximum absolute atomic E-state index is 13.2. The zero-order valence-corrected chi connectivity index (χ0v) is 25.4. The highest BCUT2D eigenvalue weighted by Crippen LogP contribution is 2.38. The lowest BCUT2D eigenvalue weighted by atomic mass is 9.98. The van der Waals surface area contributed by atoms with Gasteiger partial charge in [-0.25, -0.2) is 8.42 Å². The molecule has 0 spiro atoms. The van der Waals surface area contributed by atoms with Crippen molar-refractivity contribution in [2.24, 2.45) is 5.92 Å². The standard InChI is InChI=1S/C28H38N4O6S2/c1-6-38-28(35)20-11-15-32(16-12-20)40(36,37)21-9-7-19(8-10-21)25(33)29-26-24(27(34)30(4)5)22-13-14-31(18(2)3)17-23(22)39-26/h7-10,18,20H,6,11-17H2,1-5H3,(H,29,33). The molecule has 2 amide bonds. The molecule has 0 radical (unpaired) electrons. The first-order valence-electron chi connectivity index (χ1n) is 13.6. The van der Waals surface area contributed by atoms with Crippen molar-refractivity contribution in [2.75, 3.05) is 45.7 Å². The van der Waals surface area contributed by atoms with Crippen molar-refractivity contribution in [1.82, 2.24) is 14.1 Å². The van der Waals surface area contributed by atoms with E-state index in [4.69, 9.17) is 4.74 Å². The molecule has 0 unspecified atom stereocenters. The fraction of sp³-hybridized carbons (Fsp3) is 0.536. The van der Waals surface area contributed by atoms with E-state index >= 15 is 0 Å².